The van der Waals surface area contributed by atoms with E-state index >= 15 is 0 Å². The molecule has 2 aromatic rings. The smallest absolute Gasteiger partial charge is 0.203 e. The van der Waals surface area contributed by atoms with Gasteiger partial charge in [0.05, 0.1) is 10.6 Å². The summed E-state index contributed by atoms with van der Waals surface area (Å²) in [4.78, 5) is 11.7. The highest BCUT2D eigenvalue weighted by atomic mass is 35.5. The molecule has 0 aliphatic carbocycles. The first-order chi connectivity index (χ1) is 9.47. The van der Waals surface area contributed by atoms with Gasteiger partial charge in [0.15, 0.2) is 6.61 Å². The minimum Gasteiger partial charge on any atom is -0.484 e. The fourth-order valence-corrected chi connectivity index (χ4v) is 1.75. The van der Waals surface area contributed by atoms with E-state index in [1.54, 1.807) is 0 Å². The van der Waals surface area contributed by atoms with Crippen LogP contribution in [0.25, 0.3) is 0 Å². The maximum atomic E-state index is 13.4. The van der Waals surface area contributed by atoms with Crippen molar-refractivity contribution in [2.75, 3.05) is 6.61 Å². The van der Waals surface area contributed by atoms with Crippen molar-refractivity contribution in [2.45, 2.75) is 0 Å². The summed E-state index contributed by atoms with van der Waals surface area (Å²) in [6.07, 6.45) is 0. The molecule has 2 rings (SSSR count). The lowest BCUT2D eigenvalue weighted by Crippen LogP contribution is -2.13. The fourth-order valence-electron chi connectivity index (χ4n) is 1.53. The number of ketones is 1. The molecule has 0 amide bonds. The van der Waals surface area contributed by atoms with Gasteiger partial charge in [0.2, 0.25) is 5.78 Å². The summed E-state index contributed by atoms with van der Waals surface area (Å²) in [5.74, 6) is -2.87. The summed E-state index contributed by atoms with van der Waals surface area (Å²) in [7, 11) is 0. The lowest BCUT2D eigenvalue weighted by Gasteiger charge is -2.08. The second kappa shape index (κ2) is 5.96. The zero-order chi connectivity index (χ0) is 14.7. The second-order valence-corrected chi connectivity index (χ2v) is 4.32. The maximum Gasteiger partial charge on any atom is 0.203 e. The van der Waals surface area contributed by atoms with Gasteiger partial charge in [-0.1, -0.05) is 11.6 Å². The van der Waals surface area contributed by atoms with E-state index in [1.807, 2.05) is 0 Å². The van der Waals surface area contributed by atoms with Gasteiger partial charge in [-0.25, -0.2) is 13.2 Å². The molecule has 0 aliphatic heterocycles. The summed E-state index contributed by atoms with van der Waals surface area (Å²) in [5.41, 5.74) is -0.287. The summed E-state index contributed by atoms with van der Waals surface area (Å²) >= 11 is 5.71. The molecule has 2 aromatic carbocycles. The van der Waals surface area contributed by atoms with E-state index in [1.165, 1.54) is 6.07 Å². The third-order valence-corrected chi connectivity index (χ3v) is 2.78. The molecular weight excluding hydrogens is 293 g/mol. The van der Waals surface area contributed by atoms with Crippen molar-refractivity contribution in [2.24, 2.45) is 0 Å². The van der Waals surface area contributed by atoms with E-state index in [9.17, 15) is 18.0 Å². The average molecular weight is 301 g/mol. The van der Waals surface area contributed by atoms with Crippen molar-refractivity contribution in [1.82, 2.24) is 0 Å². The molecule has 0 radical (unpaired) electrons. The Labute approximate surface area is 117 Å². The van der Waals surface area contributed by atoms with Crippen LogP contribution in [0.5, 0.6) is 5.75 Å². The number of carbonyl (C=O) groups excluding carboxylic acids is 1. The Hall–Kier alpha value is -2.01. The van der Waals surface area contributed by atoms with Crippen LogP contribution in [0.4, 0.5) is 13.2 Å². The van der Waals surface area contributed by atoms with Crippen LogP contribution in [0.3, 0.4) is 0 Å². The highest BCUT2D eigenvalue weighted by Crippen LogP contribution is 2.25. The maximum absolute atomic E-state index is 13.4. The Morgan fingerprint density at radius 3 is 2.35 bits per heavy atom. The van der Waals surface area contributed by atoms with Crippen LogP contribution in [-0.4, -0.2) is 12.4 Å². The van der Waals surface area contributed by atoms with Gasteiger partial charge >= 0.3 is 0 Å². The Bertz CT molecular complexity index is 659. The number of rotatable bonds is 4. The van der Waals surface area contributed by atoms with Crippen LogP contribution in [0, 0.1) is 17.5 Å². The van der Waals surface area contributed by atoms with Gasteiger partial charge in [-0.3, -0.25) is 4.79 Å². The number of carbonyl (C=O) groups is 1. The standard InChI is InChI=1S/C14H8ClF3O2/c15-11-5-8(16)2-4-14(11)20-7-13(19)10-3-1-9(17)6-12(10)18/h1-6H,7H2. The van der Waals surface area contributed by atoms with E-state index in [4.69, 9.17) is 16.3 Å². The van der Waals surface area contributed by atoms with Crippen molar-refractivity contribution >= 4 is 17.4 Å². The predicted octanol–water partition coefficient (Wildman–Crippen LogP) is 4.02. The van der Waals surface area contributed by atoms with Crippen LogP contribution < -0.4 is 4.74 Å². The Morgan fingerprint density at radius 2 is 1.70 bits per heavy atom. The highest BCUT2D eigenvalue weighted by molar-refractivity contribution is 6.32. The van der Waals surface area contributed by atoms with E-state index < -0.39 is 29.8 Å². The van der Waals surface area contributed by atoms with Crippen molar-refractivity contribution in [3.8, 4) is 5.75 Å². The molecule has 0 aromatic heterocycles. The first-order valence-electron chi connectivity index (χ1n) is 5.53. The largest absolute Gasteiger partial charge is 0.484 e. The van der Waals surface area contributed by atoms with Gasteiger partial charge in [0.25, 0.3) is 0 Å². The molecule has 0 N–H and O–H groups in total. The summed E-state index contributed by atoms with van der Waals surface area (Å²) < 4.78 is 44.0. The number of benzene rings is 2. The zero-order valence-electron chi connectivity index (χ0n) is 10.00. The molecule has 6 heteroatoms. The molecule has 0 unspecified atom stereocenters. The number of halogens is 4. The van der Waals surface area contributed by atoms with Gasteiger partial charge in [-0.2, -0.15) is 0 Å². The molecule has 104 valence electrons. The third kappa shape index (κ3) is 3.30. The third-order valence-electron chi connectivity index (χ3n) is 2.48. The highest BCUT2D eigenvalue weighted by Gasteiger charge is 2.14. The number of hydrogen-bond acceptors (Lipinski definition) is 2. The van der Waals surface area contributed by atoms with Crippen LogP contribution in [0.1, 0.15) is 10.4 Å². The molecular formula is C14H8ClF3O2. The molecule has 20 heavy (non-hydrogen) atoms. The van der Waals surface area contributed by atoms with E-state index in [0.29, 0.717) is 6.07 Å². The Morgan fingerprint density at radius 1 is 1.05 bits per heavy atom. The van der Waals surface area contributed by atoms with Crippen molar-refractivity contribution < 1.29 is 22.7 Å². The predicted molar refractivity (Wildman–Crippen MR) is 67.6 cm³/mol. The SMILES string of the molecule is O=C(COc1ccc(F)cc1Cl)c1ccc(F)cc1F. The minimum absolute atomic E-state index is 0.00243. The lowest BCUT2D eigenvalue weighted by molar-refractivity contribution is 0.0917. The minimum atomic E-state index is -0.969. The van der Waals surface area contributed by atoms with Gasteiger partial charge in [0, 0.05) is 6.07 Å². The average Bonchev–Trinajstić information content (AvgIpc) is 2.37. The van der Waals surface area contributed by atoms with Crippen LogP contribution in [0.2, 0.25) is 5.02 Å². The fraction of sp³-hybridized carbons (Fsp3) is 0.0714. The molecule has 0 saturated heterocycles. The molecule has 0 heterocycles. The van der Waals surface area contributed by atoms with Crippen LogP contribution in [-0.2, 0) is 0 Å². The van der Waals surface area contributed by atoms with Crippen molar-refractivity contribution in [3.63, 3.8) is 0 Å². The molecule has 0 fully saturated rings. The van der Waals surface area contributed by atoms with Crippen LogP contribution in [0.15, 0.2) is 36.4 Å². The number of Topliss-reactive ketones (excluding diaryl/α,β-unsaturated/α-hetero) is 1. The molecule has 0 atom stereocenters. The van der Waals surface area contributed by atoms with E-state index in [-0.39, 0.29) is 16.3 Å². The lowest BCUT2D eigenvalue weighted by atomic mass is 10.1. The Kier molecular flexibility index (Phi) is 4.29. The summed E-state index contributed by atoms with van der Waals surface area (Å²) in [6, 6.07) is 6.01. The molecule has 2 nitrogen and oxygen atoms in total. The quantitative estimate of drug-likeness (QED) is 0.797. The Balaban J connectivity index is 2.08. The van der Waals surface area contributed by atoms with Gasteiger partial charge in [-0.05, 0) is 30.3 Å². The second-order valence-electron chi connectivity index (χ2n) is 3.91. The normalized spacial score (nSPS) is 10.4. The first-order valence-corrected chi connectivity index (χ1v) is 5.91. The van der Waals surface area contributed by atoms with E-state index in [2.05, 4.69) is 0 Å². The zero-order valence-corrected chi connectivity index (χ0v) is 10.8. The molecule has 0 bridgehead atoms. The molecule has 0 spiro atoms. The van der Waals surface area contributed by atoms with Gasteiger partial charge in [0.1, 0.15) is 23.2 Å². The number of ether oxygens (including phenoxy) is 1. The molecule has 0 saturated carbocycles. The van der Waals surface area contributed by atoms with Crippen molar-refractivity contribution in [1.29, 1.82) is 0 Å². The van der Waals surface area contributed by atoms with Gasteiger partial charge < -0.3 is 4.74 Å². The van der Waals surface area contributed by atoms with E-state index in [0.717, 1.165) is 24.3 Å². The van der Waals surface area contributed by atoms with Crippen LogP contribution >= 0.6 is 11.6 Å². The summed E-state index contributed by atoms with van der Waals surface area (Å²) in [6.45, 7) is -0.492. The molecule has 0 aliphatic rings. The summed E-state index contributed by atoms with van der Waals surface area (Å²) in [5, 5.41) is -0.00243. The monoisotopic (exact) mass is 300 g/mol. The number of hydrogen-bond donors (Lipinski definition) is 0. The van der Waals surface area contributed by atoms with Gasteiger partial charge in [-0.15, -0.1) is 0 Å². The topological polar surface area (TPSA) is 26.3 Å². The first kappa shape index (κ1) is 14.4. The van der Waals surface area contributed by atoms with Crippen molar-refractivity contribution in [3.05, 3.63) is 64.4 Å².